The van der Waals surface area contributed by atoms with Gasteiger partial charge < -0.3 is 20.3 Å². The van der Waals surface area contributed by atoms with Crippen molar-refractivity contribution in [1.29, 1.82) is 0 Å². The number of aliphatic hydroxyl groups excluding tert-OH is 2. The fourth-order valence-corrected chi connectivity index (χ4v) is 2.01. The minimum Gasteiger partial charge on any atom is -0.497 e. The largest absolute Gasteiger partial charge is 0.497 e. The Morgan fingerprint density at radius 3 is 2.83 bits per heavy atom. The highest BCUT2D eigenvalue weighted by Gasteiger charge is 2.41. The molecule has 1 aromatic carbocycles. The molecule has 0 spiro atoms. The molecule has 1 fully saturated rings. The first-order chi connectivity index (χ1) is 8.69. The van der Waals surface area contributed by atoms with Crippen LogP contribution in [0.1, 0.15) is 24.5 Å². The number of ether oxygens (including phenoxy) is 1. The van der Waals surface area contributed by atoms with Crippen molar-refractivity contribution in [2.45, 2.75) is 18.9 Å². The lowest BCUT2D eigenvalue weighted by Gasteiger charge is -2.16. The summed E-state index contributed by atoms with van der Waals surface area (Å²) < 4.78 is 5.13. The second-order valence-corrected chi connectivity index (χ2v) is 5.08. The van der Waals surface area contributed by atoms with Crippen LogP contribution in [0.5, 0.6) is 5.75 Å². The van der Waals surface area contributed by atoms with Crippen molar-refractivity contribution in [3.8, 4) is 5.75 Å². The lowest BCUT2D eigenvalue weighted by Crippen LogP contribution is -2.30. The van der Waals surface area contributed by atoms with E-state index in [9.17, 15) is 10.2 Å². The molecule has 1 aromatic rings. The molecule has 3 N–H and O–H groups in total. The molecule has 100 valence electrons. The summed E-state index contributed by atoms with van der Waals surface area (Å²) in [5.74, 6) is 0.751. The van der Waals surface area contributed by atoms with Crippen LogP contribution in [0.25, 0.3) is 0 Å². The van der Waals surface area contributed by atoms with Gasteiger partial charge in [-0.2, -0.15) is 0 Å². The van der Waals surface area contributed by atoms with E-state index in [2.05, 4.69) is 5.32 Å². The highest BCUT2D eigenvalue weighted by atomic mass is 16.5. The summed E-state index contributed by atoms with van der Waals surface area (Å²) in [6, 6.07) is 7.45. The van der Waals surface area contributed by atoms with Gasteiger partial charge >= 0.3 is 0 Å². The molecule has 1 aliphatic carbocycles. The molecule has 1 aliphatic rings. The Hall–Kier alpha value is -1.10. The van der Waals surface area contributed by atoms with Gasteiger partial charge in [0.1, 0.15) is 5.75 Å². The Labute approximate surface area is 108 Å². The smallest absolute Gasteiger partial charge is 0.119 e. The number of aliphatic hydroxyl groups is 2. The zero-order chi connectivity index (χ0) is 13.0. The molecule has 1 unspecified atom stereocenters. The molecule has 4 heteroatoms. The molecule has 1 saturated carbocycles. The van der Waals surface area contributed by atoms with Crippen LogP contribution in [0, 0.1) is 5.41 Å². The molecule has 0 bridgehead atoms. The number of hydrogen-bond acceptors (Lipinski definition) is 4. The quantitative estimate of drug-likeness (QED) is 0.679. The van der Waals surface area contributed by atoms with Crippen molar-refractivity contribution in [2.24, 2.45) is 5.41 Å². The van der Waals surface area contributed by atoms with E-state index in [-0.39, 0.29) is 12.0 Å². The number of hydrogen-bond donors (Lipinski definition) is 3. The zero-order valence-corrected chi connectivity index (χ0v) is 10.7. The Morgan fingerprint density at radius 2 is 2.22 bits per heavy atom. The van der Waals surface area contributed by atoms with E-state index in [1.54, 1.807) is 7.11 Å². The summed E-state index contributed by atoms with van der Waals surface area (Å²) in [6.07, 6.45) is 1.60. The predicted octanol–water partition coefficient (Wildman–Crippen LogP) is 1.09. The van der Waals surface area contributed by atoms with Gasteiger partial charge in [0.05, 0.1) is 13.2 Å². The van der Waals surface area contributed by atoms with Crippen molar-refractivity contribution < 1.29 is 14.9 Å². The average Bonchev–Trinajstić information content (AvgIpc) is 3.19. The van der Waals surface area contributed by atoms with Crippen LogP contribution >= 0.6 is 0 Å². The topological polar surface area (TPSA) is 61.7 Å². The van der Waals surface area contributed by atoms with E-state index in [1.807, 2.05) is 24.3 Å². The van der Waals surface area contributed by atoms with Crippen molar-refractivity contribution >= 4 is 0 Å². The summed E-state index contributed by atoms with van der Waals surface area (Å²) in [7, 11) is 1.61. The van der Waals surface area contributed by atoms with Gasteiger partial charge in [0.15, 0.2) is 0 Å². The van der Waals surface area contributed by atoms with E-state index < -0.39 is 6.10 Å². The van der Waals surface area contributed by atoms with Gasteiger partial charge in [-0.05, 0) is 30.5 Å². The summed E-state index contributed by atoms with van der Waals surface area (Å²) in [5.41, 5.74) is 0.921. The fraction of sp³-hybridized carbons (Fsp3) is 0.571. The van der Waals surface area contributed by atoms with Gasteiger partial charge in [-0.1, -0.05) is 12.1 Å². The molecule has 0 aliphatic heterocycles. The Kier molecular flexibility index (Phi) is 4.22. The van der Waals surface area contributed by atoms with E-state index in [1.165, 1.54) is 0 Å². The number of rotatable bonds is 7. The Morgan fingerprint density at radius 1 is 1.44 bits per heavy atom. The van der Waals surface area contributed by atoms with Gasteiger partial charge in [0.25, 0.3) is 0 Å². The maximum atomic E-state index is 10.0. The molecule has 18 heavy (non-hydrogen) atoms. The SMILES string of the molecule is COc1cccc(C(O)CNCC2(CO)CC2)c1. The molecule has 1 atom stereocenters. The summed E-state index contributed by atoms with van der Waals surface area (Å²) >= 11 is 0. The zero-order valence-electron chi connectivity index (χ0n) is 10.7. The summed E-state index contributed by atoms with van der Waals surface area (Å²) in [6.45, 7) is 1.49. The van der Waals surface area contributed by atoms with Gasteiger partial charge in [-0.15, -0.1) is 0 Å². The fourth-order valence-electron chi connectivity index (χ4n) is 2.01. The first-order valence-electron chi connectivity index (χ1n) is 6.33. The lowest BCUT2D eigenvalue weighted by atomic mass is 10.1. The first kappa shape index (κ1) is 13.3. The number of nitrogens with one attached hydrogen (secondary N) is 1. The monoisotopic (exact) mass is 251 g/mol. The maximum absolute atomic E-state index is 10.0. The minimum atomic E-state index is -0.547. The van der Waals surface area contributed by atoms with Crippen molar-refractivity contribution in [2.75, 3.05) is 26.8 Å². The lowest BCUT2D eigenvalue weighted by molar-refractivity contribution is 0.162. The van der Waals surface area contributed by atoms with Crippen molar-refractivity contribution in [3.05, 3.63) is 29.8 Å². The van der Waals surface area contributed by atoms with Crippen LogP contribution in [0.15, 0.2) is 24.3 Å². The van der Waals surface area contributed by atoms with Crippen molar-refractivity contribution in [3.63, 3.8) is 0 Å². The number of methoxy groups -OCH3 is 1. The molecule has 0 aromatic heterocycles. The highest BCUT2D eigenvalue weighted by molar-refractivity contribution is 5.29. The van der Waals surface area contributed by atoms with Crippen LogP contribution in [0.4, 0.5) is 0 Å². The molecule has 0 heterocycles. The molecule has 0 amide bonds. The average molecular weight is 251 g/mol. The molecule has 0 radical (unpaired) electrons. The van der Waals surface area contributed by atoms with E-state index in [0.717, 1.165) is 30.7 Å². The van der Waals surface area contributed by atoms with E-state index in [0.29, 0.717) is 6.54 Å². The molecule has 0 saturated heterocycles. The van der Waals surface area contributed by atoms with E-state index >= 15 is 0 Å². The minimum absolute atomic E-state index is 0.0775. The highest BCUT2D eigenvalue weighted by Crippen LogP contribution is 2.44. The van der Waals surface area contributed by atoms with Crippen LogP contribution in [-0.2, 0) is 0 Å². The Bertz CT molecular complexity index is 390. The molecular formula is C14H21NO3. The molecule has 4 nitrogen and oxygen atoms in total. The van der Waals surface area contributed by atoms with Gasteiger partial charge in [0, 0.05) is 25.1 Å². The van der Waals surface area contributed by atoms with Gasteiger partial charge in [0.2, 0.25) is 0 Å². The summed E-state index contributed by atoms with van der Waals surface area (Å²) in [5, 5.41) is 22.5. The van der Waals surface area contributed by atoms with Gasteiger partial charge in [-0.25, -0.2) is 0 Å². The second-order valence-electron chi connectivity index (χ2n) is 5.08. The Balaban J connectivity index is 1.81. The second kappa shape index (κ2) is 5.69. The van der Waals surface area contributed by atoms with Crippen LogP contribution in [0.2, 0.25) is 0 Å². The number of benzene rings is 1. The third-order valence-electron chi connectivity index (χ3n) is 3.61. The first-order valence-corrected chi connectivity index (χ1v) is 6.33. The van der Waals surface area contributed by atoms with Crippen molar-refractivity contribution in [1.82, 2.24) is 5.32 Å². The summed E-state index contributed by atoms with van der Waals surface area (Å²) in [4.78, 5) is 0. The normalized spacial score (nSPS) is 18.4. The standard InChI is InChI=1S/C14H21NO3/c1-18-12-4-2-3-11(7-12)13(17)8-15-9-14(10-16)5-6-14/h2-4,7,13,15-17H,5-6,8-10H2,1H3. The third-order valence-corrected chi connectivity index (χ3v) is 3.61. The van der Waals surface area contributed by atoms with Crippen LogP contribution < -0.4 is 10.1 Å². The van der Waals surface area contributed by atoms with Gasteiger partial charge in [-0.3, -0.25) is 0 Å². The van der Waals surface area contributed by atoms with Crippen LogP contribution in [-0.4, -0.2) is 37.0 Å². The van der Waals surface area contributed by atoms with E-state index in [4.69, 9.17) is 4.74 Å². The predicted molar refractivity (Wildman–Crippen MR) is 69.6 cm³/mol. The molecular weight excluding hydrogens is 230 g/mol. The third kappa shape index (κ3) is 3.22. The molecule has 2 rings (SSSR count). The maximum Gasteiger partial charge on any atom is 0.119 e. The van der Waals surface area contributed by atoms with Crippen LogP contribution in [0.3, 0.4) is 0 Å².